The smallest absolute Gasteiger partial charge is 0.306 e. The largest absolute Gasteiger partial charge is 0.462 e. The number of esters is 3. The molecule has 0 aromatic heterocycles. The molecule has 1 atom stereocenters. The third-order valence-electron chi connectivity index (χ3n) is 14.6. The summed E-state index contributed by atoms with van der Waals surface area (Å²) in [6, 6.07) is 0. The van der Waals surface area contributed by atoms with E-state index in [9.17, 15) is 14.4 Å². The Balaban J connectivity index is 4.13. The molecule has 0 saturated heterocycles. The van der Waals surface area contributed by atoms with Crippen molar-refractivity contribution in [1.29, 1.82) is 0 Å². The highest BCUT2D eigenvalue weighted by molar-refractivity contribution is 5.71. The SMILES string of the molecule is CC/C=C\C/C=C\C/C=C\C/C=C\C/C=C\C/C=C\C/C=C\CCCCCCCCCCCCCCCC(=O)OCC(COC(=O)CCCCCCCCCCCCC)OC(=O)CCCCCCC/C=C\CCCCCCCC. The van der Waals surface area contributed by atoms with Gasteiger partial charge in [-0.05, 0) is 103 Å². The summed E-state index contributed by atoms with van der Waals surface area (Å²) in [5.41, 5.74) is 0. The van der Waals surface area contributed by atoms with Crippen molar-refractivity contribution in [2.75, 3.05) is 13.2 Å². The second kappa shape index (κ2) is 66.8. The van der Waals surface area contributed by atoms with Crippen LogP contribution >= 0.6 is 0 Å². The number of unbranched alkanes of at least 4 members (excludes halogenated alkanes) is 34. The van der Waals surface area contributed by atoms with Crippen molar-refractivity contribution < 1.29 is 28.6 Å². The molecule has 0 spiro atoms. The first-order valence-corrected chi connectivity index (χ1v) is 33.7. The van der Waals surface area contributed by atoms with Gasteiger partial charge in [-0.25, -0.2) is 0 Å². The number of carbonyl (C=O) groups excluding carboxylic acids is 3. The zero-order chi connectivity index (χ0) is 57.1. The van der Waals surface area contributed by atoms with E-state index in [0.717, 1.165) is 116 Å². The van der Waals surface area contributed by atoms with Crippen LogP contribution in [0.1, 0.15) is 329 Å². The third-order valence-corrected chi connectivity index (χ3v) is 14.6. The van der Waals surface area contributed by atoms with E-state index in [-0.39, 0.29) is 31.1 Å². The summed E-state index contributed by atoms with van der Waals surface area (Å²) in [7, 11) is 0. The number of hydrogen-bond donors (Lipinski definition) is 0. The maximum atomic E-state index is 12.9. The van der Waals surface area contributed by atoms with E-state index in [1.165, 1.54) is 173 Å². The van der Waals surface area contributed by atoms with Crippen molar-refractivity contribution in [2.45, 2.75) is 335 Å². The van der Waals surface area contributed by atoms with Gasteiger partial charge in [0, 0.05) is 19.3 Å². The Labute approximate surface area is 489 Å². The zero-order valence-electron chi connectivity index (χ0n) is 52.1. The first-order valence-electron chi connectivity index (χ1n) is 33.7. The predicted octanol–water partition coefficient (Wildman–Crippen LogP) is 23.2. The first kappa shape index (κ1) is 75.3. The Hall–Kier alpha value is -3.67. The highest BCUT2D eigenvalue weighted by Gasteiger charge is 2.19. The van der Waals surface area contributed by atoms with E-state index in [4.69, 9.17) is 14.2 Å². The fraction of sp³-hybridized carbons (Fsp3) is 0.740. The van der Waals surface area contributed by atoms with Gasteiger partial charge in [-0.1, -0.05) is 304 Å². The molecule has 0 rings (SSSR count). The van der Waals surface area contributed by atoms with Crippen molar-refractivity contribution in [3.05, 3.63) is 97.2 Å². The quantitative estimate of drug-likeness (QED) is 0.0261. The monoisotopic (exact) mass is 1100 g/mol. The van der Waals surface area contributed by atoms with Crippen molar-refractivity contribution in [1.82, 2.24) is 0 Å². The van der Waals surface area contributed by atoms with Crippen molar-refractivity contribution in [3.8, 4) is 0 Å². The second-order valence-electron chi connectivity index (χ2n) is 22.4. The fourth-order valence-corrected chi connectivity index (χ4v) is 9.54. The number of allylic oxidation sites excluding steroid dienone is 16. The normalized spacial score (nSPS) is 12.7. The van der Waals surface area contributed by atoms with Gasteiger partial charge < -0.3 is 14.2 Å². The molecule has 6 heteroatoms. The van der Waals surface area contributed by atoms with Crippen molar-refractivity contribution in [3.63, 3.8) is 0 Å². The molecule has 0 amide bonds. The van der Waals surface area contributed by atoms with E-state index in [1.54, 1.807) is 0 Å². The summed E-state index contributed by atoms with van der Waals surface area (Å²) < 4.78 is 16.9. The van der Waals surface area contributed by atoms with Crippen LogP contribution in [0, 0.1) is 0 Å². The molecule has 0 heterocycles. The van der Waals surface area contributed by atoms with Crippen LogP contribution in [-0.2, 0) is 28.6 Å². The highest BCUT2D eigenvalue weighted by atomic mass is 16.6. The van der Waals surface area contributed by atoms with Gasteiger partial charge >= 0.3 is 17.9 Å². The third kappa shape index (κ3) is 65.0. The van der Waals surface area contributed by atoms with Gasteiger partial charge in [-0.3, -0.25) is 14.4 Å². The lowest BCUT2D eigenvalue weighted by Crippen LogP contribution is -2.30. The molecular weight excluding hydrogens is 973 g/mol. The maximum absolute atomic E-state index is 12.9. The average molecular weight is 1100 g/mol. The molecule has 0 bridgehead atoms. The molecule has 1 unspecified atom stereocenters. The molecule has 0 aliphatic carbocycles. The molecule has 0 aliphatic heterocycles. The van der Waals surface area contributed by atoms with Gasteiger partial charge in [0.1, 0.15) is 13.2 Å². The Morgan fingerprint density at radius 1 is 0.266 bits per heavy atom. The molecule has 0 aliphatic rings. The highest BCUT2D eigenvalue weighted by Crippen LogP contribution is 2.17. The van der Waals surface area contributed by atoms with Crippen molar-refractivity contribution in [2.24, 2.45) is 0 Å². The number of carbonyl (C=O) groups is 3. The van der Waals surface area contributed by atoms with Crippen LogP contribution in [0.5, 0.6) is 0 Å². The number of ether oxygens (including phenoxy) is 3. The van der Waals surface area contributed by atoms with Gasteiger partial charge in [0.05, 0.1) is 0 Å². The molecule has 79 heavy (non-hydrogen) atoms. The summed E-state index contributed by atoms with van der Waals surface area (Å²) in [6.07, 6.45) is 90.0. The number of rotatable bonds is 61. The average Bonchev–Trinajstić information content (AvgIpc) is 3.45. The van der Waals surface area contributed by atoms with E-state index < -0.39 is 6.10 Å². The second-order valence-corrected chi connectivity index (χ2v) is 22.4. The van der Waals surface area contributed by atoms with Crippen LogP contribution in [0.2, 0.25) is 0 Å². The van der Waals surface area contributed by atoms with Crippen LogP contribution in [0.4, 0.5) is 0 Å². The van der Waals surface area contributed by atoms with Crippen LogP contribution in [0.3, 0.4) is 0 Å². The minimum absolute atomic E-state index is 0.0760. The Bertz CT molecular complexity index is 1540. The molecule has 454 valence electrons. The fourth-order valence-electron chi connectivity index (χ4n) is 9.54. The Morgan fingerprint density at radius 3 is 0.785 bits per heavy atom. The van der Waals surface area contributed by atoms with Gasteiger partial charge in [-0.2, -0.15) is 0 Å². The summed E-state index contributed by atoms with van der Waals surface area (Å²) in [6.45, 7) is 6.53. The first-order chi connectivity index (χ1) is 39.0. The molecule has 0 aromatic carbocycles. The van der Waals surface area contributed by atoms with E-state index >= 15 is 0 Å². The summed E-state index contributed by atoms with van der Waals surface area (Å²) >= 11 is 0. The molecule has 0 N–H and O–H groups in total. The molecule has 0 radical (unpaired) electrons. The van der Waals surface area contributed by atoms with Gasteiger partial charge in [0.2, 0.25) is 0 Å². The van der Waals surface area contributed by atoms with E-state index in [1.807, 2.05) is 0 Å². The van der Waals surface area contributed by atoms with Crippen molar-refractivity contribution >= 4 is 17.9 Å². The zero-order valence-corrected chi connectivity index (χ0v) is 52.1. The summed E-state index contributed by atoms with van der Waals surface area (Å²) in [4.78, 5) is 38.2. The van der Waals surface area contributed by atoms with Crippen LogP contribution in [-0.4, -0.2) is 37.2 Å². The van der Waals surface area contributed by atoms with Gasteiger partial charge in [0.15, 0.2) is 6.10 Å². The summed E-state index contributed by atoms with van der Waals surface area (Å²) in [5, 5.41) is 0. The molecule has 0 fully saturated rings. The molecule has 0 aromatic rings. The summed E-state index contributed by atoms with van der Waals surface area (Å²) in [5.74, 6) is -0.874. The van der Waals surface area contributed by atoms with Crippen LogP contribution < -0.4 is 0 Å². The van der Waals surface area contributed by atoms with Crippen LogP contribution in [0.25, 0.3) is 0 Å². The lowest BCUT2D eigenvalue weighted by atomic mass is 10.0. The Morgan fingerprint density at radius 2 is 0.494 bits per heavy atom. The number of hydrogen-bond acceptors (Lipinski definition) is 6. The Kier molecular flexibility index (Phi) is 63.7. The lowest BCUT2D eigenvalue weighted by Gasteiger charge is -2.18. The topological polar surface area (TPSA) is 78.9 Å². The van der Waals surface area contributed by atoms with Gasteiger partial charge in [-0.15, -0.1) is 0 Å². The molecule has 0 saturated carbocycles. The van der Waals surface area contributed by atoms with Crippen LogP contribution in [0.15, 0.2) is 97.2 Å². The van der Waals surface area contributed by atoms with E-state index in [2.05, 4.69) is 118 Å². The molecule has 6 nitrogen and oxygen atoms in total. The lowest BCUT2D eigenvalue weighted by molar-refractivity contribution is -0.167. The van der Waals surface area contributed by atoms with Gasteiger partial charge in [0.25, 0.3) is 0 Å². The minimum Gasteiger partial charge on any atom is -0.462 e. The van der Waals surface area contributed by atoms with E-state index in [0.29, 0.717) is 19.3 Å². The standard InChI is InChI=1S/C73H126O6/c1-4-7-10-13-16-19-22-24-26-27-28-29-30-31-32-33-34-35-36-37-38-39-40-41-42-43-44-45-47-48-51-54-57-60-63-66-72(75)78-69-70(68-77-71(74)65-62-59-56-53-50-21-18-15-12-9-6-3)79-73(76)67-64-61-58-55-52-49-46-25-23-20-17-14-11-8-5-2/h7,10,16,19,24-26,28-29,31-32,34-35,37-38,46,70H,4-6,8-9,11-15,17-18,20-23,27,30,33,36,39-45,47-69H2,1-3H3/b10-7-,19-16-,26-24-,29-28-,32-31-,35-34-,38-37-,46-25-. The maximum Gasteiger partial charge on any atom is 0.306 e. The predicted molar refractivity (Wildman–Crippen MR) is 344 cm³/mol. The minimum atomic E-state index is -0.779. The molecular formula is C73H126O6.